The number of carbonyl (C=O) groups is 1. The average molecular weight is 548 g/mol. The number of ether oxygens (including phenoxy) is 1. The Morgan fingerprint density at radius 3 is 2.80 bits per heavy atom. The van der Waals surface area contributed by atoms with Crippen molar-refractivity contribution < 1.29 is 13.9 Å². The molecule has 3 aliphatic heterocycles. The van der Waals surface area contributed by atoms with Gasteiger partial charge in [-0.1, -0.05) is 18.7 Å². The van der Waals surface area contributed by atoms with Crippen LogP contribution in [-0.2, 0) is 17.8 Å². The Morgan fingerprint density at radius 2 is 2.05 bits per heavy atom. The standard InChI is InChI=1S/C30H38FN7O2/c1-4-27(39)38-17-16-37(18-22(38)12-13-32)29-24-10-7-15-36(26-11-5-8-21(2)28(26)31)19-25(24)33-30(34-29)40-20-23-9-6-14-35(23)3/h4-5,8,11,22-23H,1,6-7,9-10,12,14-20H2,2-3H3/t22?,23-/m0/s1. The number of nitriles is 1. The lowest BCUT2D eigenvalue weighted by atomic mass is 10.1. The molecule has 212 valence electrons. The Kier molecular flexibility index (Phi) is 8.50. The molecule has 2 atom stereocenters. The van der Waals surface area contributed by atoms with Crippen molar-refractivity contribution >= 4 is 17.4 Å². The summed E-state index contributed by atoms with van der Waals surface area (Å²) in [4.78, 5) is 30.5. The van der Waals surface area contributed by atoms with Gasteiger partial charge in [0.1, 0.15) is 18.2 Å². The van der Waals surface area contributed by atoms with Gasteiger partial charge in [0.05, 0.1) is 36.5 Å². The van der Waals surface area contributed by atoms with E-state index in [1.807, 2.05) is 12.1 Å². The highest BCUT2D eigenvalue weighted by Gasteiger charge is 2.33. The van der Waals surface area contributed by atoms with Crippen molar-refractivity contribution in [3.63, 3.8) is 0 Å². The number of nitrogens with zero attached hydrogens (tertiary/aromatic N) is 7. The minimum absolute atomic E-state index is 0.165. The van der Waals surface area contributed by atoms with Crippen LogP contribution in [0.15, 0.2) is 30.9 Å². The van der Waals surface area contributed by atoms with Crippen molar-refractivity contribution in [2.45, 2.75) is 57.7 Å². The molecule has 1 aromatic heterocycles. The molecule has 1 aromatic carbocycles. The lowest BCUT2D eigenvalue weighted by Gasteiger charge is -2.41. The third-order valence-electron chi connectivity index (χ3n) is 8.40. The van der Waals surface area contributed by atoms with Crippen LogP contribution in [0.3, 0.4) is 0 Å². The lowest BCUT2D eigenvalue weighted by Crippen LogP contribution is -2.55. The maximum atomic E-state index is 15.1. The molecule has 9 nitrogen and oxygen atoms in total. The third kappa shape index (κ3) is 5.75. The molecule has 4 heterocycles. The fourth-order valence-corrected chi connectivity index (χ4v) is 6.09. The van der Waals surface area contributed by atoms with Crippen LogP contribution in [-0.4, -0.2) is 84.1 Å². The molecule has 0 bridgehead atoms. The second-order valence-electron chi connectivity index (χ2n) is 11.0. The number of aryl methyl sites for hydroxylation is 1. The molecule has 5 rings (SSSR count). The Balaban J connectivity index is 1.49. The minimum Gasteiger partial charge on any atom is -0.462 e. The van der Waals surface area contributed by atoms with E-state index in [-0.39, 0.29) is 24.2 Å². The van der Waals surface area contributed by atoms with Crippen LogP contribution in [0.2, 0.25) is 0 Å². The maximum Gasteiger partial charge on any atom is 0.318 e. The highest BCUT2D eigenvalue weighted by atomic mass is 19.1. The molecular formula is C30H38FN7O2. The predicted molar refractivity (Wildman–Crippen MR) is 152 cm³/mol. The van der Waals surface area contributed by atoms with Crippen LogP contribution in [0.1, 0.15) is 42.5 Å². The van der Waals surface area contributed by atoms with Gasteiger partial charge >= 0.3 is 6.01 Å². The Hall–Kier alpha value is -3.71. The number of halogens is 1. The normalized spacial score (nSPS) is 21.5. The molecule has 10 heteroatoms. The van der Waals surface area contributed by atoms with Gasteiger partial charge in [-0.15, -0.1) is 0 Å². The zero-order chi connectivity index (χ0) is 28.2. The lowest BCUT2D eigenvalue weighted by molar-refractivity contribution is -0.128. The van der Waals surface area contributed by atoms with Crippen LogP contribution in [0.5, 0.6) is 6.01 Å². The summed E-state index contributed by atoms with van der Waals surface area (Å²) in [6, 6.07) is 8.10. The number of anilines is 2. The summed E-state index contributed by atoms with van der Waals surface area (Å²) in [5.41, 5.74) is 3.05. The van der Waals surface area contributed by atoms with Crippen molar-refractivity contribution in [3.8, 4) is 12.1 Å². The Morgan fingerprint density at radius 1 is 1.20 bits per heavy atom. The molecule has 2 fully saturated rings. The zero-order valence-corrected chi connectivity index (χ0v) is 23.5. The van der Waals surface area contributed by atoms with E-state index in [0.717, 1.165) is 49.3 Å². The first-order valence-corrected chi connectivity index (χ1v) is 14.2. The molecular weight excluding hydrogens is 509 g/mol. The first-order valence-electron chi connectivity index (χ1n) is 14.2. The van der Waals surface area contributed by atoms with Crippen LogP contribution in [0, 0.1) is 24.1 Å². The maximum absolute atomic E-state index is 15.1. The molecule has 1 amide bonds. The Bertz CT molecular complexity index is 1300. The molecule has 40 heavy (non-hydrogen) atoms. The average Bonchev–Trinajstić information content (AvgIpc) is 3.25. The van der Waals surface area contributed by atoms with Crippen molar-refractivity contribution in [3.05, 3.63) is 53.5 Å². The van der Waals surface area contributed by atoms with E-state index >= 15 is 4.39 Å². The summed E-state index contributed by atoms with van der Waals surface area (Å²) in [5, 5.41) is 9.48. The largest absolute Gasteiger partial charge is 0.462 e. The van der Waals surface area contributed by atoms with Gasteiger partial charge in [-0.2, -0.15) is 15.2 Å². The highest BCUT2D eigenvalue weighted by Crippen LogP contribution is 2.33. The van der Waals surface area contributed by atoms with Crippen molar-refractivity contribution in [2.75, 3.05) is 56.2 Å². The van der Waals surface area contributed by atoms with E-state index in [1.54, 1.807) is 17.9 Å². The van der Waals surface area contributed by atoms with Gasteiger partial charge in [0.15, 0.2) is 0 Å². The number of piperazine rings is 1. The fourth-order valence-electron chi connectivity index (χ4n) is 6.09. The molecule has 1 unspecified atom stereocenters. The van der Waals surface area contributed by atoms with Gasteiger partial charge in [-0.05, 0) is 63.9 Å². The number of amides is 1. The second-order valence-corrected chi connectivity index (χ2v) is 11.0. The molecule has 0 radical (unpaired) electrons. The minimum atomic E-state index is -0.268. The SMILES string of the molecule is C=CC(=O)N1CCN(c2nc(OC[C@@H]3CCCN3C)nc3c2CCCN(c2cccc(C)c2F)C3)CC1CC#N. The number of fused-ring (bicyclic) bond motifs is 1. The van der Waals surface area contributed by atoms with Crippen LogP contribution in [0.4, 0.5) is 15.9 Å². The van der Waals surface area contributed by atoms with Gasteiger partial charge in [0.2, 0.25) is 5.91 Å². The van der Waals surface area contributed by atoms with Crippen LogP contribution >= 0.6 is 0 Å². The first-order chi connectivity index (χ1) is 19.4. The second kappa shape index (κ2) is 12.2. The van der Waals surface area contributed by atoms with E-state index in [1.165, 1.54) is 6.08 Å². The van der Waals surface area contributed by atoms with E-state index in [9.17, 15) is 10.1 Å². The number of likely N-dealkylation sites (tertiary alicyclic amines) is 1. The fraction of sp³-hybridized carbons (Fsp3) is 0.533. The van der Waals surface area contributed by atoms with Crippen molar-refractivity contribution in [1.29, 1.82) is 5.26 Å². The van der Waals surface area contributed by atoms with Crippen molar-refractivity contribution in [2.24, 2.45) is 0 Å². The molecule has 2 saturated heterocycles. The van der Waals surface area contributed by atoms with Crippen LogP contribution in [0.25, 0.3) is 0 Å². The molecule has 0 N–H and O–H groups in total. The van der Waals surface area contributed by atoms with Crippen molar-refractivity contribution in [1.82, 2.24) is 19.8 Å². The van der Waals surface area contributed by atoms with Gasteiger partial charge in [-0.3, -0.25) is 4.79 Å². The smallest absolute Gasteiger partial charge is 0.318 e. The van der Waals surface area contributed by atoms with E-state index in [4.69, 9.17) is 14.7 Å². The van der Waals surface area contributed by atoms with E-state index in [2.05, 4.69) is 34.4 Å². The number of rotatable bonds is 7. The number of hydrogen-bond acceptors (Lipinski definition) is 8. The molecule has 0 aliphatic carbocycles. The van der Waals surface area contributed by atoms with Gasteiger partial charge < -0.3 is 24.3 Å². The summed E-state index contributed by atoms with van der Waals surface area (Å²) < 4.78 is 21.4. The zero-order valence-electron chi connectivity index (χ0n) is 23.5. The van der Waals surface area contributed by atoms with Gasteiger partial charge in [0, 0.05) is 37.8 Å². The molecule has 0 spiro atoms. The monoisotopic (exact) mass is 547 g/mol. The molecule has 2 aromatic rings. The summed E-state index contributed by atoms with van der Waals surface area (Å²) in [6.07, 6.45) is 5.31. The van der Waals surface area contributed by atoms with E-state index < -0.39 is 0 Å². The topological polar surface area (TPSA) is 88.8 Å². The Labute approximate surface area is 235 Å². The highest BCUT2D eigenvalue weighted by molar-refractivity contribution is 5.87. The van der Waals surface area contributed by atoms with Crippen LogP contribution < -0.4 is 14.5 Å². The number of carbonyl (C=O) groups excluding carboxylic acids is 1. The quantitative estimate of drug-likeness (QED) is 0.487. The summed E-state index contributed by atoms with van der Waals surface area (Å²) in [6.45, 7) is 9.64. The number of aromatic nitrogens is 2. The first kappa shape index (κ1) is 27.8. The summed E-state index contributed by atoms with van der Waals surface area (Å²) >= 11 is 0. The van der Waals surface area contributed by atoms with Gasteiger partial charge in [0.25, 0.3) is 0 Å². The number of hydrogen-bond donors (Lipinski definition) is 0. The van der Waals surface area contributed by atoms with E-state index in [0.29, 0.717) is 62.6 Å². The third-order valence-corrected chi connectivity index (χ3v) is 8.40. The molecule has 3 aliphatic rings. The summed E-state index contributed by atoms with van der Waals surface area (Å²) in [5.74, 6) is 0.422. The number of benzene rings is 1. The molecule has 0 saturated carbocycles. The predicted octanol–water partition coefficient (Wildman–Crippen LogP) is 3.47. The number of likely N-dealkylation sites (N-methyl/N-ethyl adjacent to an activating group) is 1. The van der Waals surface area contributed by atoms with Gasteiger partial charge in [-0.25, -0.2) is 4.39 Å². The summed E-state index contributed by atoms with van der Waals surface area (Å²) in [7, 11) is 2.11.